The molecule has 0 saturated carbocycles. The smallest absolute Gasteiger partial charge is 0.160 e. The van der Waals surface area contributed by atoms with E-state index in [1.54, 1.807) is 20.3 Å². The zero-order valence-electron chi connectivity index (χ0n) is 15.1. The molecule has 136 valence electrons. The van der Waals surface area contributed by atoms with Crippen molar-refractivity contribution < 1.29 is 24.1 Å². The average Bonchev–Trinajstić information content (AvgIpc) is 2.62. The summed E-state index contributed by atoms with van der Waals surface area (Å²) in [6.07, 6.45) is 1.18. The van der Waals surface area contributed by atoms with Crippen molar-refractivity contribution in [3.63, 3.8) is 0 Å². The highest BCUT2D eigenvalue weighted by Crippen LogP contribution is 2.38. The molecule has 0 amide bonds. The lowest BCUT2D eigenvalue weighted by molar-refractivity contribution is 0.0270. The maximum Gasteiger partial charge on any atom is 0.160 e. The van der Waals surface area contributed by atoms with Crippen molar-refractivity contribution in [3.8, 4) is 17.2 Å². The van der Waals surface area contributed by atoms with E-state index >= 15 is 0 Å². The molecular weight excluding hydrogens is 323 g/mol. The summed E-state index contributed by atoms with van der Waals surface area (Å²) in [6, 6.07) is 7.82. The van der Waals surface area contributed by atoms with Gasteiger partial charge in [-0.3, -0.25) is 0 Å². The molecule has 0 aliphatic heterocycles. The summed E-state index contributed by atoms with van der Waals surface area (Å²) in [6.45, 7) is 3.68. The summed E-state index contributed by atoms with van der Waals surface area (Å²) in [5.41, 5.74) is 0.603. The third kappa shape index (κ3) is 3.87. The van der Waals surface area contributed by atoms with Gasteiger partial charge >= 0.3 is 0 Å². The summed E-state index contributed by atoms with van der Waals surface area (Å²) in [7, 11) is 3.11. The van der Waals surface area contributed by atoms with E-state index in [0.29, 0.717) is 41.9 Å². The molecule has 2 N–H and O–H groups in total. The summed E-state index contributed by atoms with van der Waals surface area (Å²) >= 11 is 0. The van der Waals surface area contributed by atoms with Crippen molar-refractivity contribution in [3.05, 3.63) is 52.8 Å². The highest BCUT2D eigenvalue weighted by atomic mass is 19.1. The first kappa shape index (κ1) is 19.1. The Morgan fingerprint density at radius 2 is 1.64 bits per heavy atom. The molecule has 2 rings (SSSR count). The SMILES string of the molecule is CCC(O)(CC)c1cc(F)cc(O)c1Cc1ccc(OC)c(OC)c1. The maximum atomic E-state index is 13.9. The van der Waals surface area contributed by atoms with Crippen LogP contribution in [-0.4, -0.2) is 24.4 Å². The Morgan fingerprint density at radius 1 is 1.00 bits per heavy atom. The molecule has 0 saturated heterocycles. The van der Waals surface area contributed by atoms with Gasteiger partial charge in [0.1, 0.15) is 11.6 Å². The number of benzene rings is 2. The van der Waals surface area contributed by atoms with Gasteiger partial charge in [0, 0.05) is 18.1 Å². The third-order valence-electron chi connectivity index (χ3n) is 4.69. The summed E-state index contributed by atoms with van der Waals surface area (Å²) in [5.74, 6) is 0.451. The number of ether oxygens (including phenoxy) is 2. The van der Waals surface area contributed by atoms with Crippen LogP contribution in [0.4, 0.5) is 4.39 Å². The number of rotatable bonds is 7. The predicted octanol–water partition coefficient (Wildman–Crippen LogP) is 4.15. The van der Waals surface area contributed by atoms with Gasteiger partial charge in [-0.1, -0.05) is 19.9 Å². The molecule has 4 nitrogen and oxygen atoms in total. The number of phenols is 1. The van der Waals surface area contributed by atoms with Gasteiger partial charge in [0.25, 0.3) is 0 Å². The monoisotopic (exact) mass is 348 g/mol. The Labute approximate surface area is 147 Å². The molecule has 0 aliphatic rings. The van der Waals surface area contributed by atoms with Crippen LogP contribution in [0.3, 0.4) is 0 Å². The Hall–Kier alpha value is -2.27. The molecule has 0 spiro atoms. The molecule has 0 radical (unpaired) electrons. The van der Waals surface area contributed by atoms with Gasteiger partial charge in [0.2, 0.25) is 0 Å². The van der Waals surface area contributed by atoms with Crippen LogP contribution >= 0.6 is 0 Å². The molecule has 2 aromatic rings. The Balaban J connectivity index is 2.53. The van der Waals surface area contributed by atoms with E-state index < -0.39 is 11.4 Å². The van der Waals surface area contributed by atoms with Gasteiger partial charge in [-0.15, -0.1) is 0 Å². The van der Waals surface area contributed by atoms with E-state index in [1.807, 2.05) is 26.0 Å². The van der Waals surface area contributed by atoms with Crippen molar-refractivity contribution in [1.29, 1.82) is 0 Å². The Bertz CT molecular complexity index is 739. The lowest BCUT2D eigenvalue weighted by Crippen LogP contribution is -2.25. The highest BCUT2D eigenvalue weighted by Gasteiger charge is 2.30. The van der Waals surface area contributed by atoms with Crippen LogP contribution < -0.4 is 9.47 Å². The van der Waals surface area contributed by atoms with E-state index in [-0.39, 0.29) is 5.75 Å². The van der Waals surface area contributed by atoms with Crippen molar-refractivity contribution in [2.24, 2.45) is 0 Å². The lowest BCUT2D eigenvalue weighted by Gasteiger charge is -2.29. The van der Waals surface area contributed by atoms with Crippen molar-refractivity contribution in [2.45, 2.75) is 38.7 Å². The minimum Gasteiger partial charge on any atom is -0.508 e. The maximum absolute atomic E-state index is 13.9. The number of hydrogen-bond donors (Lipinski definition) is 2. The summed E-state index contributed by atoms with van der Waals surface area (Å²) in [5, 5.41) is 21.2. The van der Waals surface area contributed by atoms with E-state index in [4.69, 9.17) is 9.47 Å². The largest absolute Gasteiger partial charge is 0.508 e. The zero-order chi connectivity index (χ0) is 18.6. The van der Waals surface area contributed by atoms with Crippen LogP contribution in [0.15, 0.2) is 30.3 Å². The van der Waals surface area contributed by atoms with Gasteiger partial charge < -0.3 is 19.7 Å². The van der Waals surface area contributed by atoms with Crippen LogP contribution in [-0.2, 0) is 12.0 Å². The number of halogens is 1. The Kier molecular flexibility index (Phi) is 5.90. The first-order valence-corrected chi connectivity index (χ1v) is 8.33. The summed E-state index contributed by atoms with van der Waals surface area (Å²) < 4.78 is 24.4. The standard InChI is InChI=1S/C20H25FO4/c1-5-20(23,6-2)16-11-14(21)12-17(22)15(16)9-13-7-8-18(24-3)19(10-13)25-4/h7-8,10-12,22-23H,5-6,9H2,1-4H3. The topological polar surface area (TPSA) is 58.9 Å². The Morgan fingerprint density at radius 3 is 2.20 bits per heavy atom. The van der Waals surface area contributed by atoms with Crippen molar-refractivity contribution >= 4 is 0 Å². The number of phenolic OH excluding ortho intramolecular Hbond substituents is 1. The minimum atomic E-state index is -1.19. The molecule has 5 heteroatoms. The molecule has 0 unspecified atom stereocenters. The first-order valence-electron chi connectivity index (χ1n) is 8.33. The zero-order valence-corrected chi connectivity index (χ0v) is 15.1. The molecule has 2 aromatic carbocycles. The van der Waals surface area contributed by atoms with Gasteiger partial charge in [-0.05, 0) is 42.2 Å². The quantitative estimate of drug-likeness (QED) is 0.789. The second-order valence-corrected chi connectivity index (χ2v) is 6.06. The van der Waals surface area contributed by atoms with Gasteiger partial charge in [0.05, 0.1) is 19.8 Å². The molecule has 0 aromatic heterocycles. The number of aliphatic hydroxyl groups is 1. The van der Waals surface area contributed by atoms with Crippen LogP contribution in [0.1, 0.15) is 43.4 Å². The van der Waals surface area contributed by atoms with Gasteiger partial charge in [0.15, 0.2) is 11.5 Å². The third-order valence-corrected chi connectivity index (χ3v) is 4.69. The van der Waals surface area contributed by atoms with E-state index in [1.165, 1.54) is 6.07 Å². The molecule has 0 bridgehead atoms. The normalized spacial score (nSPS) is 11.4. The van der Waals surface area contributed by atoms with Crippen LogP contribution in [0.2, 0.25) is 0 Å². The fraction of sp³-hybridized carbons (Fsp3) is 0.400. The van der Waals surface area contributed by atoms with Crippen LogP contribution in [0.5, 0.6) is 17.2 Å². The van der Waals surface area contributed by atoms with Crippen molar-refractivity contribution in [1.82, 2.24) is 0 Å². The molecular formula is C20H25FO4. The van der Waals surface area contributed by atoms with E-state index in [0.717, 1.165) is 11.6 Å². The number of hydrogen-bond acceptors (Lipinski definition) is 4. The first-order chi connectivity index (χ1) is 11.9. The van der Waals surface area contributed by atoms with Crippen LogP contribution in [0, 0.1) is 5.82 Å². The molecule has 0 fully saturated rings. The minimum absolute atomic E-state index is 0.162. The van der Waals surface area contributed by atoms with Crippen LogP contribution in [0.25, 0.3) is 0 Å². The summed E-state index contributed by atoms with van der Waals surface area (Å²) in [4.78, 5) is 0. The van der Waals surface area contributed by atoms with Gasteiger partial charge in [-0.25, -0.2) is 4.39 Å². The fourth-order valence-electron chi connectivity index (χ4n) is 3.05. The molecule has 0 atom stereocenters. The molecule has 0 aliphatic carbocycles. The predicted molar refractivity (Wildman–Crippen MR) is 94.9 cm³/mol. The van der Waals surface area contributed by atoms with Gasteiger partial charge in [-0.2, -0.15) is 0 Å². The number of aromatic hydroxyl groups is 1. The second-order valence-electron chi connectivity index (χ2n) is 6.06. The highest BCUT2D eigenvalue weighted by molar-refractivity contribution is 5.49. The van der Waals surface area contributed by atoms with Crippen molar-refractivity contribution in [2.75, 3.05) is 14.2 Å². The fourth-order valence-corrected chi connectivity index (χ4v) is 3.05. The molecule has 25 heavy (non-hydrogen) atoms. The second kappa shape index (κ2) is 7.74. The van der Waals surface area contributed by atoms with E-state index in [2.05, 4.69) is 0 Å². The molecule has 0 heterocycles. The lowest BCUT2D eigenvalue weighted by atomic mass is 9.83. The van der Waals surface area contributed by atoms with E-state index in [9.17, 15) is 14.6 Å². The average molecular weight is 348 g/mol. The number of methoxy groups -OCH3 is 2.